The lowest BCUT2D eigenvalue weighted by Gasteiger charge is -2.04. The molecule has 2 aromatic heterocycles. The fraction of sp³-hybridized carbons (Fsp3) is 0.267. The van der Waals surface area contributed by atoms with Crippen LogP contribution in [-0.2, 0) is 13.5 Å². The zero-order chi connectivity index (χ0) is 14.7. The van der Waals surface area contributed by atoms with E-state index >= 15 is 0 Å². The average Bonchev–Trinajstić information content (AvgIpc) is 3.10. The molecule has 2 heterocycles. The summed E-state index contributed by atoms with van der Waals surface area (Å²) in [4.78, 5) is 8.56. The third-order valence-corrected chi connectivity index (χ3v) is 3.21. The highest BCUT2D eigenvalue weighted by atomic mass is 16.5. The first kappa shape index (κ1) is 13.4. The minimum absolute atomic E-state index is 0.521. The van der Waals surface area contributed by atoms with Crippen LogP contribution in [-0.4, -0.2) is 26.2 Å². The van der Waals surface area contributed by atoms with Gasteiger partial charge in [-0.2, -0.15) is 4.98 Å². The molecule has 0 unspecified atom stereocenters. The molecule has 0 amide bonds. The zero-order valence-electron chi connectivity index (χ0n) is 12.1. The number of hydrogen-bond acceptors (Lipinski definition) is 5. The molecule has 0 radical (unpaired) electrons. The van der Waals surface area contributed by atoms with E-state index in [4.69, 9.17) is 4.52 Å². The number of nitrogens with one attached hydrogen (secondary N) is 1. The Morgan fingerprint density at radius 2 is 2.05 bits per heavy atom. The Labute approximate surface area is 122 Å². The van der Waals surface area contributed by atoms with Crippen LogP contribution in [0.5, 0.6) is 0 Å². The topological polar surface area (TPSA) is 68.8 Å². The van der Waals surface area contributed by atoms with Crippen LogP contribution in [0.25, 0.3) is 11.6 Å². The lowest BCUT2D eigenvalue weighted by molar-refractivity contribution is 0.381. The summed E-state index contributed by atoms with van der Waals surface area (Å²) >= 11 is 0. The highest BCUT2D eigenvalue weighted by Crippen LogP contribution is 2.13. The van der Waals surface area contributed by atoms with Crippen molar-refractivity contribution in [1.82, 2.24) is 19.7 Å². The molecule has 0 saturated heterocycles. The number of aryl methyl sites for hydroxylation is 2. The van der Waals surface area contributed by atoms with E-state index in [0.29, 0.717) is 24.0 Å². The number of imidazole rings is 1. The van der Waals surface area contributed by atoms with E-state index in [1.54, 1.807) is 6.20 Å². The van der Waals surface area contributed by atoms with Crippen LogP contribution < -0.4 is 5.32 Å². The lowest BCUT2D eigenvalue weighted by atomic mass is 10.2. The highest BCUT2D eigenvalue weighted by Gasteiger charge is 2.11. The van der Waals surface area contributed by atoms with Gasteiger partial charge >= 0.3 is 0 Å². The number of hydrogen-bond donors (Lipinski definition) is 1. The molecule has 108 valence electrons. The van der Waals surface area contributed by atoms with Crippen molar-refractivity contribution in [3.63, 3.8) is 0 Å². The minimum Gasteiger partial charge on any atom is -0.385 e. The van der Waals surface area contributed by atoms with E-state index in [-0.39, 0.29) is 0 Å². The second kappa shape index (κ2) is 5.78. The van der Waals surface area contributed by atoms with E-state index in [2.05, 4.69) is 51.6 Å². The Bertz CT molecular complexity index is 714. The standard InChI is InChI=1S/C15H17N5O/c1-11-3-5-12(6-4-11)16-8-7-13-18-14(19-21-13)15-17-9-10-20(15)2/h3-6,9-10,16H,7-8H2,1-2H3. The quantitative estimate of drug-likeness (QED) is 0.779. The smallest absolute Gasteiger partial charge is 0.238 e. The molecule has 0 spiro atoms. The van der Waals surface area contributed by atoms with Crippen LogP contribution in [0.15, 0.2) is 41.2 Å². The van der Waals surface area contributed by atoms with Crippen molar-refractivity contribution in [2.24, 2.45) is 7.05 Å². The molecule has 3 aromatic rings. The number of anilines is 1. The highest BCUT2D eigenvalue weighted by molar-refractivity contribution is 5.44. The number of benzene rings is 1. The molecule has 6 nitrogen and oxygen atoms in total. The van der Waals surface area contributed by atoms with Crippen LogP contribution in [0.2, 0.25) is 0 Å². The summed E-state index contributed by atoms with van der Waals surface area (Å²) in [5.74, 6) is 1.83. The molecule has 0 bridgehead atoms. The van der Waals surface area contributed by atoms with Crippen LogP contribution in [0, 0.1) is 6.92 Å². The molecule has 6 heteroatoms. The molecule has 0 fully saturated rings. The third kappa shape index (κ3) is 3.10. The van der Waals surface area contributed by atoms with Gasteiger partial charge in [-0.1, -0.05) is 22.9 Å². The zero-order valence-corrected chi connectivity index (χ0v) is 12.1. The van der Waals surface area contributed by atoms with E-state index in [0.717, 1.165) is 12.2 Å². The number of aromatic nitrogens is 4. The number of rotatable bonds is 5. The van der Waals surface area contributed by atoms with Crippen molar-refractivity contribution < 1.29 is 4.52 Å². The SMILES string of the molecule is Cc1ccc(NCCc2nc(-c3nccn3C)no2)cc1. The van der Waals surface area contributed by atoms with Crippen molar-refractivity contribution in [2.45, 2.75) is 13.3 Å². The summed E-state index contributed by atoms with van der Waals surface area (Å²) in [5, 5.41) is 7.29. The predicted molar refractivity (Wildman–Crippen MR) is 79.9 cm³/mol. The summed E-state index contributed by atoms with van der Waals surface area (Å²) in [5.41, 5.74) is 2.33. The van der Waals surface area contributed by atoms with E-state index in [1.807, 2.05) is 17.8 Å². The Morgan fingerprint density at radius 3 is 2.76 bits per heavy atom. The molecular weight excluding hydrogens is 266 g/mol. The van der Waals surface area contributed by atoms with Gasteiger partial charge in [0.15, 0.2) is 5.82 Å². The van der Waals surface area contributed by atoms with Gasteiger partial charge < -0.3 is 14.4 Å². The van der Waals surface area contributed by atoms with Crippen LogP contribution in [0.4, 0.5) is 5.69 Å². The molecule has 1 N–H and O–H groups in total. The Balaban J connectivity index is 1.58. The van der Waals surface area contributed by atoms with Gasteiger partial charge in [0.1, 0.15) is 0 Å². The maximum absolute atomic E-state index is 5.25. The third-order valence-electron chi connectivity index (χ3n) is 3.21. The average molecular weight is 283 g/mol. The summed E-state index contributed by atoms with van der Waals surface area (Å²) in [6, 6.07) is 8.27. The summed E-state index contributed by atoms with van der Waals surface area (Å²) in [7, 11) is 1.90. The Morgan fingerprint density at radius 1 is 1.24 bits per heavy atom. The monoisotopic (exact) mass is 283 g/mol. The van der Waals surface area contributed by atoms with Gasteiger partial charge in [-0.05, 0) is 19.1 Å². The van der Waals surface area contributed by atoms with Crippen molar-refractivity contribution in [3.05, 3.63) is 48.1 Å². The molecule has 0 saturated carbocycles. The molecule has 3 rings (SSSR count). The van der Waals surface area contributed by atoms with E-state index in [9.17, 15) is 0 Å². The van der Waals surface area contributed by atoms with Crippen molar-refractivity contribution in [2.75, 3.05) is 11.9 Å². The fourth-order valence-electron chi connectivity index (χ4n) is 2.01. The molecule has 1 aromatic carbocycles. The summed E-state index contributed by atoms with van der Waals surface area (Å²) < 4.78 is 7.11. The summed E-state index contributed by atoms with van der Waals surface area (Å²) in [6.45, 7) is 2.81. The van der Waals surface area contributed by atoms with Gasteiger partial charge in [0, 0.05) is 38.1 Å². The molecule has 0 atom stereocenters. The van der Waals surface area contributed by atoms with Gasteiger partial charge in [0.2, 0.25) is 11.7 Å². The van der Waals surface area contributed by atoms with E-state index < -0.39 is 0 Å². The van der Waals surface area contributed by atoms with Gasteiger partial charge in [-0.25, -0.2) is 4.98 Å². The maximum atomic E-state index is 5.25. The van der Waals surface area contributed by atoms with Crippen molar-refractivity contribution >= 4 is 5.69 Å². The molecule has 0 aliphatic heterocycles. The van der Waals surface area contributed by atoms with Gasteiger partial charge in [0.05, 0.1) is 0 Å². The van der Waals surface area contributed by atoms with Crippen molar-refractivity contribution in [1.29, 1.82) is 0 Å². The van der Waals surface area contributed by atoms with Crippen LogP contribution >= 0.6 is 0 Å². The first-order chi connectivity index (χ1) is 10.2. The molecule has 0 aliphatic carbocycles. The first-order valence-electron chi connectivity index (χ1n) is 6.83. The van der Waals surface area contributed by atoms with Gasteiger partial charge in [-0.3, -0.25) is 0 Å². The predicted octanol–water partition coefficient (Wildman–Crippen LogP) is 2.43. The van der Waals surface area contributed by atoms with Crippen LogP contribution in [0.1, 0.15) is 11.5 Å². The number of nitrogens with zero attached hydrogens (tertiary/aromatic N) is 4. The fourth-order valence-corrected chi connectivity index (χ4v) is 2.01. The molecular formula is C15H17N5O. The van der Waals surface area contributed by atoms with Crippen LogP contribution in [0.3, 0.4) is 0 Å². The van der Waals surface area contributed by atoms with Gasteiger partial charge in [-0.15, -0.1) is 0 Å². The van der Waals surface area contributed by atoms with E-state index in [1.165, 1.54) is 5.56 Å². The second-order valence-corrected chi connectivity index (χ2v) is 4.92. The second-order valence-electron chi connectivity index (χ2n) is 4.92. The Kier molecular flexibility index (Phi) is 3.68. The van der Waals surface area contributed by atoms with Gasteiger partial charge in [0.25, 0.3) is 0 Å². The largest absolute Gasteiger partial charge is 0.385 e. The minimum atomic E-state index is 0.521. The molecule has 0 aliphatic rings. The van der Waals surface area contributed by atoms with Crippen molar-refractivity contribution in [3.8, 4) is 11.6 Å². The summed E-state index contributed by atoms with van der Waals surface area (Å²) in [6.07, 6.45) is 4.24. The Hall–Kier alpha value is -2.63. The normalized spacial score (nSPS) is 10.8. The maximum Gasteiger partial charge on any atom is 0.238 e. The first-order valence-corrected chi connectivity index (χ1v) is 6.83. The lowest BCUT2D eigenvalue weighted by Crippen LogP contribution is -2.05. The molecule has 21 heavy (non-hydrogen) atoms.